The lowest BCUT2D eigenvalue weighted by Gasteiger charge is -2.33. The Labute approximate surface area is 140 Å². The second-order valence-electron chi connectivity index (χ2n) is 5.94. The van der Waals surface area contributed by atoms with E-state index < -0.39 is 6.04 Å². The van der Waals surface area contributed by atoms with Gasteiger partial charge in [-0.05, 0) is 44.0 Å². The Morgan fingerprint density at radius 2 is 1.77 bits per heavy atom. The summed E-state index contributed by atoms with van der Waals surface area (Å²) in [6.45, 7) is 1.75. The van der Waals surface area contributed by atoms with E-state index in [0.717, 1.165) is 17.3 Å². The average molecular weight is 367 g/mol. The summed E-state index contributed by atoms with van der Waals surface area (Å²) < 4.78 is 0.921. The summed E-state index contributed by atoms with van der Waals surface area (Å²) >= 11 is 3.34. The van der Waals surface area contributed by atoms with Crippen molar-refractivity contribution in [1.82, 2.24) is 10.2 Å². The smallest absolute Gasteiger partial charge is 0.251 e. The van der Waals surface area contributed by atoms with Gasteiger partial charge in [0.05, 0.1) is 0 Å². The lowest BCUT2D eigenvalue weighted by molar-refractivity contribution is -0.134. The van der Waals surface area contributed by atoms with E-state index in [9.17, 15) is 9.59 Å². The van der Waals surface area contributed by atoms with E-state index in [2.05, 4.69) is 21.2 Å². The normalized spacial score (nSPS) is 16.9. The first-order chi connectivity index (χ1) is 10.5. The third kappa shape index (κ3) is 4.32. The van der Waals surface area contributed by atoms with Crippen LogP contribution in [0, 0.1) is 0 Å². The number of amides is 2. The Hall–Kier alpha value is -1.36. The van der Waals surface area contributed by atoms with Gasteiger partial charge in [0, 0.05) is 23.1 Å². The fraction of sp³-hybridized carbons (Fsp3) is 0.529. The standard InChI is InChI=1S/C17H23BrN2O2/c1-12(17(22)20(2)15-6-4-3-5-7-15)19-16(21)13-8-10-14(18)11-9-13/h8-12,15H,3-7H2,1-2H3,(H,19,21). The van der Waals surface area contributed by atoms with Crippen LogP contribution in [-0.2, 0) is 4.79 Å². The molecule has 1 N–H and O–H groups in total. The highest BCUT2D eigenvalue weighted by Crippen LogP contribution is 2.22. The summed E-state index contributed by atoms with van der Waals surface area (Å²) in [4.78, 5) is 26.5. The van der Waals surface area contributed by atoms with Crippen molar-refractivity contribution in [3.8, 4) is 0 Å². The number of halogens is 1. The Kier molecular flexibility index (Phi) is 6.00. The summed E-state index contributed by atoms with van der Waals surface area (Å²) in [7, 11) is 1.85. The minimum Gasteiger partial charge on any atom is -0.341 e. The van der Waals surface area contributed by atoms with Crippen molar-refractivity contribution in [1.29, 1.82) is 0 Å². The molecule has 1 aliphatic rings. The minimum absolute atomic E-state index is 0.0163. The molecule has 0 bridgehead atoms. The molecular formula is C17H23BrN2O2. The maximum Gasteiger partial charge on any atom is 0.251 e. The maximum atomic E-state index is 12.5. The largest absolute Gasteiger partial charge is 0.341 e. The molecule has 5 heteroatoms. The van der Waals surface area contributed by atoms with Crippen molar-refractivity contribution < 1.29 is 9.59 Å². The van der Waals surface area contributed by atoms with Gasteiger partial charge in [0.25, 0.3) is 5.91 Å². The number of nitrogens with one attached hydrogen (secondary N) is 1. The zero-order valence-corrected chi connectivity index (χ0v) is 14.7. The maximum absolute atomic E-state index is 12.5. The van der Waals surface area contributed by atoms with Crippen LogP contribution in [0.1, 0.15) is 49.4 Å². The van der Waals surface area contributed by atoms with Gasteiger partial charge in [-0.3, -0.25) is 9.59 Å². The number of nitrogens with zero attached hydrogens (tertiary/aromatic N) is 1. The van der Waals surface area contributed by atoms with Crippen LogP contribution in [0.15, 0.2) is 28.7 Å². The molecule has 120 valence electrons. The molecule has 22 heavy (non-hydrogen) atoms. The minimum atomic E-state index is -0.511. The highest BCUT2D eigenvalue weighted by molar-refractivity contribution is 9.10. The van der Waals surface area contributed by atoms with Crippen LogP contribution in [0.3, 0.4) is 0 Å². The first-order valence-electron chi connectivity index (χ1n) is 7.82. The quantitative estimate of drug-likeness (QED) is 0.887. The van der Waals surface area contributed by atoms with Crippen molar-refractivity contribution in [3.63, 3.8) is 0 Å². The van der Waals surface area contributed by atoms with E-state index in [1.807, 2.05) is 24.1 Å². The molecule has 0 aliphatic heterocycles. The zero-order valence-electron chi connectivity index (χ0n) is 13.1. The number of likely N-dealkylation sites (N-methyl/N-ethyl adjacent to an activating group) is 1. The Morgan fingerprint density at radius 1 is 1.18 bits per heavy atom. The highest BCUT2D eigenvalue weighted by atomic mass is 79.9. The second kappa shape index (κ2) is 7.77. The molecular weight excluding hydrogens is 344 g/mol. The predicted molar refractivity (Wildman–Crippen MR) is 90.7 cm³/mol. The van der Waals surface area contributed by atoms with Crippen molar-refractivity contribution >= 4 is 27.7 Å². The van der Waals surface area contributed by atoms with Gasteiger partial charge in [-0.15, -0.1) is 0 Å². The molecule has 0 heterocycles. The molecule has 0 radical (unpaired) electrons. The van der Waals surface area contributed by atoms with Crippen molar-refractivity contribution in [2.45, 2.75) is 51.1 Å². The van der Waals surface area contributed by atoms with Crippen LogP contribution < -0.4 is 5.32 Å². The van der Waals surface area contributed by atoms with Gasteiger partial charge in [0.1, 0.15) is 6.04 Å². The third-order valence-electron chi connectivity index (χ3n) is 4.29. The summed E-state index contributed by atoms with van der Waals surface area (Å²) in [6.07, 6.45) is 5.75. The second-order valence-corrected chi connectivity index (χ2v) is 6.86. The van der Waals surface area contributed by atoms with Gasteiger partial charge >= 0.3 is 0 Å². The molecule has 0 aromatic heterocycles. The number of hydrogen-bond acceptors (Lipinski definition) is 2. The number of carbonyl (C=O) groups excluding carboxylic acids is 2. The number of rotatable bonds is 4. The van der Waals surface area contributed by atoms with Crippen molar-refractivity contribution in [2.24, 2.45) is 0 Å². The molecule has 1 fully saturated rings. The van der Waals surface area contributed by atoms with Gasteiger partial charge in [0.15, 0.2) is 0 Å². The molecule has 2 amide bonds. The van der Waals surface area contributed by atoms with Crippen LogP contribution in [0.2, 0.25) is 0 Å². The fourth-order valence-electron chi connectivity index (χ4n) is 2.90. The summed E-state index contributed by atoms with van der Waals surface area (Å²) in [5.74, 6) is -0.234. The predicted octanol–water partition coefficient (Wildman–Crippen LogP) is 3.36. The molecule has 4 nitrogen and oxygen atoms in total. The highest BCUT2D eigenvalue weighted by Gasteiger charge is 2.26. The van der Waals surface area contributed by atoms with Crippen LogP contribution in [0.25, 0.3) is 0 Å². The Bertz CT molecular complexity index is 524. The number of carbonyl (C=O) groups is 2. The Balaban J connectivity index is 1.92. The van der Waals surface area contributed by atoms with E-state index in [1.165, 1.54) is 19.3 Å². The number of benzene rings is 1. The summed E-state index contributed by atoms with van der Waals surface area (Å²) in [5.41, 5.74) is 0.558. The van der Waals surface area contributed by atoms with Crippen molar-refractivity contribution in [3.05, 3.63) is 34.3 Å². The van der Waals surface area contributed by atoms with Crippen molar-refractivity contribution in [2.75, 3.05) is 7.05 Å². The van der Waals surface area contributed by atoms with Gasteiger partial charge in [-0.2, -0.15) is 0 Å². The molecule has 0 saturated heterocycles. The summed E-state index contributed by atoms with van der Waals surface area (Å²) in [6, 6.07) is 6.91. The zero-order chi connectivity index (χ0) is 16.1. The lowest BCUT2D eigenvalue weighted by atomic mass is 9.94. The van der Waals surface area contributed by atoms with E-state index in [1.54, 1.807) is 19.1 Å². The van der Waals surface area contributed by atoms with Crippen LogP contribution >= 0.6 is 15.9 Å². The van der Waals surface area contributed by atoms with Crippen LogP contribution in [-0.4, -0.2) is 35.8 Å². The fourth-order valence-corrected chi connectivity index (χ4v) is 3.16. The Morgan fingerprint density at radius 3 is 2.36 bits per heavy atom. The monoisotopic (exact) mass is 366 g/mol. The number of hydrogen-bond donors (Lipinski definition) is 1. The first kappa shape index (κ1) is 17.0. The molecule has 1 aromatic carbocycles. The molecule has 1 saturated carbocycles. The van der Waals surface area contributed by atoms with Gasteiger partial charge in [0.2, 0.25) is 5.91 Å². The third-order valence-corrected chi connectivity index (χ3v) is 4.82. The van der Waals surface area contributed by atoms with E-state index in [0.29, 0.717) is 11.6 Å². The van der Waals surface area contributed by atoms with E-state index in [4.69, 9.17) is 0 Å². The van der Waals surface area contributed by atoms with Gasteiger partial charge < -0.3 is 10.2 Å². The SMILES string of the molecule is CC(NC(=O)c1ccc(Br)cc1)C(=O)N(C)C1CCCCC1. The van der Waals surface area contributed by atoms with Gasteiger partial charge in [-0.1, -0.05) is 35.2 Å². The average Bonchev–Trinajstić information content (AvgIpc) is 2.54. The molecule has 0 spiro atoms. The summed E-state index contributed by atoms with van der Waals surface area (Å²) in [5, 5.41) is 2.79. The molecule has 1 atom stereocenters. The van der Waals surface area contributed by atoms with E-state index in [-0.39, 0.29) is 11.8 Å². The van der Waals surface area contributed by atoms with Crippen LogP contribution in [0.5, 0.6) is 0 Å². The van der Waals surface area contributed by atoms with Crippen LogP contribution in [0.4, 0.5) is 0 Å². The lowest BCUT2D eigenvalue weighted by Crippen LogP contribution is -2.49. The molecule has 1 unspecified atom stereocenters. The topological polar surface area (TPSA) is 49.4 Å². The molecule has 1 aliphatic carbocycles. The molecule has 2 rings (SSSR count). The van der Waals surface area contributed by atoms with E-state index >= 15 is 0 Å². The van der Waals surface area contributed by atoms with Gasteiger partial charge in [-0.25, -0.2) is 0 Å². The molecule has 1 aromatic rings. The first-order valence-corrected chi connectivity index (χ1v) is 8.61.